The molecule has 98 valence electrons. The van der Waals surface area contributed by atoms with Crippen molar-refractivity contribution in [1.29, 1.82) is 0 Å². The molecule has 0 saturated heterocycles. The van der Waals surface area contributed by atoms with Crippen molar-refractivity contribution in [3.05, 3.63) is 39.4 Å². The summed E-state index contributed by atoms with van der Waals surface area (Å²) in [7, 11) is 0. The first kappa shape index (κ1) is 13.9. The average molecular weight is 307 g/mol. The molecule has 2 rings (SSSR count). The lowest BCUT2D eigenvalue weighted by atomic mass is 10.0. The van der Waals surface area contributed by atoms with E-state index < -0.39 is 0 Å². The SMILES string of the molecule is CCCCCCCCc1cc2c(cc1Br)C=CC2. The van der Waals surface area contributed by atoms with E-state index in [1.165, 1.54) is 66.1 Å². The lowest BCUT2D eigenvalue weighted by molar-refractivity contribution is 0.607. The Hall–Kier alpha value is -0.560. The van der Waals surface area contributed by atoms with Crippen LogP contribution in [0, 0.1) is 0 Å². The van der Waals surface area contributed by atoms with E-state index in [9.17, 15) is 0 Å². The zero-order valence-electron chi connectivity index (χ0n) is 11.3. The van der Waals surface area contributed by atoms with Crippen molar-refractivity contribution in [3.63, 3.8) is 0 Å². The predicted molar refractivity (Wildman–Crippen MR) is 84.0 cm³/mol. The Labute approximate surface area is 120 Å². The number of allylic oxidation sites excluding steroid dienone is 1. The zero-order valence-corrected chi connectivity index (χ0v) is 12.9. The molecule has 1 aromatic carbocycles. The molecular formula is C17H23Br. The lowest BCUT2D eigenvalue weighted by Gasteiger charge is -2.08. The third-order valence-corrected chi connectivity index (χ3v) is 4.48. The van der Waals surface area contributed by atoms with E-state index in [1.54, 1.807) is 0 Å². The number of rotatable bonds is 7. The van der Waals surface area contributed by atoms with E-state index >= 15 is 0 Å². The van der Waals surface area contributed by atoms with Gasteiger partial charge in [-0.05, 0) is 42.0 Å². The van der Waals surface area contributed by atoms with Crippen LogP contribution in [0.1, 0.15) is 62.1 Å². The first-order chi connectivity index (χ1) is 8.81. The Balaban J connectivity index is 1.80. The molecule has 0 spiro atoms. The number of hydrogen-bond acceptors (Lipinski definition) is 0. The molecule has 0 unspecified atom stereocenters. The molecule has 0 fully saturated rings. The monoisotopic (exact) mass is 306 g/mol. The van der Waals surface area contributed by atoms with Crippen LogP contribution in [0.25, 0.3) is 6.08 Å². The van der Waals surface area contributed by atoms with E-state index in [2.05, 4.69) is 47.1 Å². The van der Waals surface area contributed by atoms with Gasteiger partial charge in [0.2, 0.25) is 0 Å². The molecule has 18 heavy (non-hydrogen) atoms. The number of fused-ring (bicyclic) bond motifs is 1. The highest BCUT2D eigenvalue weighted by molar-refractivity contribution is 9.10. The van der Waals surface area contributed by atoms with Crippen LogP contribution >= 0.6 is 15.9 Å². The molecule has 0 saturated carbocycles. The van der Waals surface area contributed by atoms with Crippen LogP contribution in [0.4, 0.5) is 0 Å². The molecule has 1 aromatic rings. The fourth-order valence-electron chi connectivity index (χ4n) is 2.62. The molecule has 1 aliphatic carbocycles. The van der Waals surface area contributed by atoms with E-state index in [-0.39, 0.29) is 0 Å². The van der Waals surface area contributed by atoms with Gasteiger partial charge in [-0.15, -0.1) is 0 Å². The molecule has 0 radical (unpaired) electrons. The third-order valence-electron chi connectivity index (χ3n) is 3.74. The molecular weight excluding hydrogens is 284 g/mol. The van der Waals surface area contributed by atoms with Crippen molar-refractivity contribution in [2.45, 2.75) is 58.3 Å². The zero-order chi connectivity index (χ0) is 12.8. The molecule has 0 nitrogen and oxygen atoms in total. The van der Waals surface area contributed by atoms with Gasteiger partial charge in [-0.2, -0.15) is 0 Å². The maximum absolute atomic E-state index is 3.71. The lowest BCUT2D eigenvalue weighted by Crippen LogP contribution is -1.92. The molecule has 0 amide bonds. The highest BCUT2D eigenvalue weighted by atomic mass is 79.9. The number of halogens is 1. The first-order valence-corrected chi connectivity index (χ1v) is 8.08. The van der Waals surface area contributed by atoms with Crippen molar-refractivity contribution >= 4 is 22.0 Å². The van der Waals surface area contributed by atoms with Crippen LogP contribution in [0.5, 0.6) is 0 Å². The Bertz CT molecular complexity index is 418. The second-order valence-corrected chi connectivity index (χ2v) is 6.12. The molecule has 0 aromatic heterocycles. The summed E-state index contributed by atoms with van der Waals surface area (Å²) >= 11 is 3.71. The van der Waals surface area contributed by atoms with Gasteiger partial charge in [0.25, 0.3) is 0 Å². The van der Waals surface area contributed by atoms with Crippen molar-refractivity contribution in [3.8, 4) is 0 Å². The maximum atomic E-state index is 3.71. The van der Waals surface area contributed by atoms with Crippen molar-refractivity contribution in [2.75, 3.05) is 0 Å². The third kappa shape index (κ3) is 3.71. The molecule has 0 N–H and O–H groups in total. The van der Waals surface area contributed by atoms with Gasteiger partial charge in [0.05, 0.1) is 0 Å². The van der Waals surface area contributed by atoms with Crippen LogP contribution in [-0.2, 0) is 12.8 Å². The summed E-state index contributed by atoms with van der Waals surface area (Å²) < 4.78 is 1.29. The van der Waals surface area contributed by atoms with Gasteiger partial charge in [0.1, 0.15) is 0 Å². The minimum Gasteiger partial charge on any atom is -0.0795 e. The van der Waals surface area contributed by atoms with Gasteiger partial charge in [-0.25, -0.2) is 0 Å². The minimum absolute atomic E-state index is 1.12. The quantitative estimate of drug-likeness (QED) is 0.548. The maximum Gasteiger partial charge on any atom is 0.0213 e. The summed E-state index contributed by atoms with van der Waals surface area (Å²) in [6.07, 6.45) is 15.1. The normalized spacial score (nSPS) is 13.0. The van der Waals surface area contributed by atoms with Crippen LogP contribution in [0.2, 0.25) is 0 Å². The molecule has 1 aliphatic rings. The van der Waals surface area contributed by atoms with Crippen molar-refractivity contribution in [1.82, 2.24) is 0 Å². The average Bonchev–Trinajstić information content (AvgIpc) is 2.80. The summed E-state index contributed by atoms with van der Waals surface area (Å²) in [5, 5.41) is 0. The van der Waals surface area contributed by atoms with Crippen LogP contribution < -0.4 is 0 Å². The van der Waals surface area contributed by atoms with E-state index in [4.69, 9.17) is 0 Å². The Morgan fingerprint density at radius 1 is 1.06 bits per heavy atom. The highest BCUT2D eigenvalue weighted by Crippen LogP contribution is 2.28. The van der Waals surface area contributed by atoms with Crippen molar-refractivity contribution < 1.29 is 0 Å². The van der Waals surface area contributed by atoms with E-state index in [0.717, 1.165) is 6.42 Å². The number of hydrogen-bond donors (Lipinski definition) is 0. The molecule has 0 bridgehead atoms. The summed E-state index contributed by atoms with van der Waals surface area (Å²) in [5.74, 6) is 0. The van der Waals surface area contributed by atoms with E-state index in [0.29, 0.717) is 0 Å². The second-order valence-electron chi connectivity index (χ2n) is 5.27. The number of aryl methyl sites for hydroxylation is 1. The summed E-state index contributed by atoms with van der Waals surface area (Å²) in [6, 6.07) is 4.68. The van der Waals surface area contributed by atoms with Crippen LogP contribution in [-0.4, -0.2) is 0 Å². The Morgan fingerprint density at radius 2 is 1.83 bits per heavy atom. The summed E-state index contributed by atoms with van der Waals surface area (Å²) in [4.78, 5) is 0. The van der Waals surface area contributed by atoms with Crippen molar-refractivity contribution in [2.24, 2.45) is 0 Å². The summed E-state index contributed by atoms with van der Waals surface area (Å²) in [5.41, 5.74) is 4.39. The molecule has 0 atom stereocenters. The largest absolute Gasteiger partial charge is 0.0795 e. The van der Waals surface area contributed by atoms with Gasteiger partial charge < -0.3 is 0 Å². The Morgan fingerprint density at radius 3 is 2.67 bits per heavy atom. The smallest absolute Gasteiger partial charge is 0.0213 e. The number of unbranched alkanes of at least 4 members (excludes halogenated alkanes) is 5. The molecule has 0 heterocycles. The second kappa shape index (κ2) is 7.13. The van der Waals surface area contributed by atoms with Gasteiger partial charge in [0, 0.05) is 4.47 Å². The molecule has 0 aliphatic heterocycles. The van der Waals surface area contributed by atoms with Crippen LogP contribution in [0.15, 0.2) is 22.7 Å². The van der Waals surface area contributed by atoms with Gasteiger partial charge in [-0.3, -0.25) is 0 Å². The highest BCUT2D eigenvalue weighted by Gasteiger charge is 2.09. The Kier molecular flexibility index (Phi) is 5.49. The fraction of sp³-hybridized carbons (Fsp3) is 0.529. The van der Waals surface area contributed by atoms with Crippen LogP contribution in [0.3, 0.4) is 0 Å². The minimum atomic E-state index is 1.12. The fourth-order valence-corrected chi connectivity index (χ4v) is 3.18. The summed E-state index contributed by atoms with van der Waals surface area (Å²) in [6.45, 7) is 2.27. The van der Waals surface area contributed by atoms with Gasteiger partial charge in [0.15, 0.2) is 0 Å². The number of benzene rings is 1. The van der Waals surface area contributed by atoms with Gasteiger partial charge >= 0.3 is 0 Å². The van der Waals surface area contributed by atoms with E-state index in [1.807, 2.05) is 0 Å². The standard InChI is InChI=1S/C17H23Br/c1-2-3-4-5-6-7-9-16-12-14-10-8-11-15(14)13-17(16)18/h8,11-13H,2-7,9-10H2,1H3. The van der Waals surface area contributed by atoms with Gasteiger partial charge in [-0.1, -0.05) is 73.2 Å². The first-order valence-electron chi connectivity index (χ1n) is 7.29. The predicted octanol–water partition coefficient (Wildman–Crippen LogP) is 5.92. The topological polar surface area (TPSA) is 0 Å². The molecule has 1 heteroatoms.